The Kier molecular flexibility index (Phi) is 6.42. The number of ether oxygens (including phenoxy) is 2. The number of carbonyl (C=O) groups is 1. The predicted octanol–water partition coefficient (Wildman–Crippen LogP) is 4.75. The first-order chi connectivity index (χ1) is 14.1. The molecule has 0 aliphatic rings. The van der Waals surface area contributed by atoms with Crippen molar-refractivity contribution in [1.82, 2.24) is 0 Å². The van der Waals surface area contributed by atoms with Crippen molar-refractivity contribution in [3.63, 3.8) is 0 Å². The number of para-hydroxylation sites is 4. The van der Waals surface area contributed by atoms with Gasteiger partial charge in [0.15, 0.2) is 5.75 Å². The lowest BCUT2D eigenvalue weighted by Crippen LogP contribution is -2.26. The van der Waals surface area contributed by atoms with Crippen molar-refractivity contribution < 1.29 is 19.2 Å². The minimum absolute atomic E-state index is 0.0135. The van der Waals surface area contributed by atoms with Crippen LogP contribution >= 0.6 is 0 Å². The Bertz CT molecular complexity index is 991. The van der Waals surface area contributed by atoms with Crippen LogP contribution in [0.3, 0.4) is 0 Å². The molecule has 148 valence electrons. The molecule has 7 heteroatoms. The van der Waals surface area contributed by atoms with Gasteiger partial charge in [-0.05, 0) is 25.1 Å². The molecule has 0 aliphatic heterocycles. The number of anilines is 1. The fourth-order valence-corrected chi connectivity index (χ4v) is 2.78. The number of benzene rings is 3. The minimum Gasteiger partial charge on any atom is -0.492 e. The molecule has 0 spiro atoms. The first-order valence-corrected chi connectivity index (χ1v) is 9.08. The maximum Gasteiger partial charge on any atom is 0.310 e. The molecule has 0 heterocycles. The van der Waals surface area contributed by atoms with Gasteiger partial charge < -0.3 is 14.8 Å². The van der Waals surface area contributed by atoms with Crippen molar-refractivity contribution in [2.75, 3.05) is 11.9 Å². The van der Waals surface area contributed by atoms with E-state index in [2.05, 4.69) is 5.32 Å². The van der Waals surface area contributed by atoms with Gasteiger partial charge in [0, 0.05) is 11.6 Å². The second-order valence-electron chi connectivity index (χ2n) is 6.05. The highest BCUT2D eigenvalue weighted by atomic mass is 16.6. The van der Waals surface area contributed by atoms with Crippen LogP contribution in [0.1, 0.15) is 18.6 Å². The summed E-state index contributed by atoms with van der Waals surface area (Å²) in [6.45, 7) is 2.30. The molecule has 1 amide bonds. The van der Waals surface area contributed by atoms with E-state index in [1.165, 1.54) is 12.1 Å². The van der Waals surface area contributed by atoms with Crippen molar-refractivity contribution in [2.45, 2.75) is 13.0 Å². The van der Waals surface area contributed by atoms with Crippen molar-refractivity contribution in [1.29, 1.82) is 0 Å². The molecule has 0 aliphatic carbocycles. The summed E-state index contributed by atoms with van der Waals surface area (Å²) in [6, 6.07) is 21.8. The van der Waals surface area contributed by atoms with E-state index in [-0.39, 0.29) is 11.4 Å². The molecule has 3 aromatic rings. The number of nitrogens with zero attached hydrogens (tertiary/aromatic N) is 1. The van der Waals surface area contributed by atoms with Crippen LogP contribution in [0.5, 0.6) is 11.5 Å². The highest BCUT2D eigenvalue weighted by molar-refractivity contribution is 5.96. The number of nitro benzene ring substituents is 1. The highest BCUT2D eigenvalue weighted by Crippen LogP contribution is 2.32. The number of carbonyl (C=O) groups excluding carboxylic acids is 1. The van der Waals surface area contributed by atoms with E-state index in [1.807, 2.05) is 13.0 Å². The average molecular weight is 392 g/mol. The fraction of sp³-hybridized carbons (Fsp3) is 0.136. The molecule has 0 radical (unpaired) electrons. The minimum atomic E-state index is -1.09. The second-order valence-corrected chi connectivity index (χ2v) is 6.05. The zero-order valence-electron chi connectivity index (χ0n) is 15.8. The Morgan fingerprint density at radius 3 is 2.28 bits per heavy atom. The standard InChI is InChI=1S/C22H20N2O5/c1-2-28-19-14-8-6-12-17(19)23-22(25)21(16-10-4-3-5-11-16)29-20-15-9-7-13-18(20)24(26)27/h3-15,21H,2H2,1H3,(H,23,25)/t21-/m0/s1. The summed E-state index contributed by atoms with van der Waals surface area (Å²) in [7, 11) is 0. The van der Waals surface area contributed by atoms with Gasteiger partial charge >= 0.3 is 5.69 Å². The van der Waals surface area contributed by atoms with Crippen LogP contribution in [0.4, 0.5) is 11.4 Å². The Labute approximate surface area is 168 Å². The summed E-state index contributed by atoms with van der Waals surface area (Å²) >= 11 is 0. The molecule has 3 aromatic carbocycles. The molecule has 3 rings (SSSR count). The van der Waals surface area contributed by atoms with E-state index in [4.69, 9.17) is 9.47 Å². The molecular formula is C22H20N2O5. The van der Waals surface area contributed by atoms with Gasteiger partial charge in [0.1, 0.15) is 5.75 Å². The number of amides is 1. The third kappa shape index (κ3) is 4.90. The van der Waals surface area contributed by atoms with Crippen LogP contribution < -0.4 is 14.8 Å². The van der Waals surface area contributed by atoms with Gasteiger partial charge in [-0.2, -0.15) is 0 Å². The van der Waals surface area contributed by atoms with Gasteiger partial charge in [-0.3, -0.25) is 14.9 Å². The van der Waals surface area contributed by atoms with Crippen LogP contribution in [0.15, 0.2) is 78.9 Å². The number of hydrogen-bond acceptors (Lipinski definition) is 5. The van der Waals surface area contributed by atoms with E-state index < -0.39 is 16.9 Å². The zero-order valence-corrected chi connectivity index (χ0v) is 15.8. The van der Waals surface area contributed by atoms with Gasteiger partial charge in [0.25, 0.3) is 5.91 Å². The summed E-state index contributed by atoms with van der Waals surface area (Å²) < 4.78 is 11.4. The largest absolute Gasteiger partial charge is 0.492 e. The lowest BCUT2D eigenvalue weighted by Gasteiger charge is -2.20. The molecule has 0 saturated carbocycles. The van der Waals surface area contributed by atoms with E-state index in [1.54, 1.807) is 60.7 Å². The third-order valence-electron chi connectivity index (χ3n) is 4.09. The lowest BCUT2D eigenvalue weighted by molar-refractivity contribution is -0.386. The maximum absolute atomic E-state index is 13.1. The van der Waals surface area contributed by atoms with Crippen LogP contribution in [0.25, 0.3) is 0 Å². The molecule has 0 aromatic heterocycles. The number of rotatable bonds is 8. The van der Waals surface area contributed by atoms with E-state index in [0.717, 1.165) is 0 Å². The smallest absolute Gasteiger partial charge is 0.310 e. The van der Waals surface area contributed by atoms with Crippen molar-refractivity contribution in [3.05, 3.63) is 94.5 Å². The molecule has 1 N–H and O–H groups in total. The molecule has 0 fully saturated rings. The molecule has 0 saturated heterocycles. The summed E-state index contributed by atoms with van der Waals surface area (Å²) in [5.74, 6) is 0.0713. The quantitative estimate of drug-likeness (QED) is 0.441. The first kappa shape index (κ1) is 19.9. The van der Waals surface area contributed by atoms with Crippen molar-refractivity contribution >= 4 is 17.3 Å². The molecule has 1 atom stereocenters. The molecular weight excluding hydrogens is 372 g/mol. The number of nitro groups is 1. The average Bonchev–Trinajstić information content (AvgIpc) is 2.74. The monoisotopic (exact) mass is 392 g/mol. The van der Waals surface area contributed by atoms with Crippen molar-refractivity contribution in [2.24, 2.45) is 0 Å². The molecule has 0 unspecified atom stereocenters. The van der Waals surface area contributed by atoms with E-state index in [0.29, 0.717) is 23.6 Å². The lowest BCUT2D eigenvalue weighted by atomic mass is 10.1. The Hall–Kier alpha value is -3.87. The van der Waals surface area contributed by atoms with E-state index >= 15 is 0 Å². The van der Waals surface area contributed by atoms with Crippen LogP contribution in [-0.2, 0) is 4.79 Å². The summed E-state index contributed by atoms with van der Waals surface area (Å²) in [6.07, 6.45) is -1.09. The third-order valence-corrected chi connectivity index (χ3v) is 4.09. The number of hydrogen-bond donors (Lipinski definition) is 1. The van der Waals surface area contributed by atoms with Crippen LogP contribution in [0, 0.1) is 10.1 Å². The van der Waals surface area contributed by atoms with Gasteiger partial charge in [0.2, 0.25) is 6.10 Å². The second kappa shape index (κ2) is 9.36. The molecule has 0 bridgehead atoms. The van der Waals surface area contributed by atoms with Gasteiger partial charge in [-0.15, -0.1) is 0 Å². The summed E-state index contributed by atoms with van der Waals surface area (Å²) in [5, 5.41) is 14.1. The Morgan fingerprint density at radius 2 is 1.59 bits per heavy atom. The summed E-state index contributed by atoms with van der Waals surface area (Å²) in [5.41, 5.74) is 0.847. The van der Waals surface area contributed by atoms with Crippen LogP contribution in [0.2, 0.25) is 0 Å². The highest BCUT2D eigenvalue weighted by Gasteiger charge is 2.27. The maximum atomic E-state index is 13.1. The fourth-order valence-electron chi connectivity index (χ4n) is 2.78. The summed E-state index contributed by atoms with van der Waals surface area (Å²) in [4.78, 5) is 23.9. The first-order valence-electron chi connectivity index (χ1n) is 9.08. The topological polar surface area (TPSA) is 90.7 Å². The predicted molar refractivity (Wildman–Crippen MR) is 109 cm³/mol. The van der Waals surface area contributed by atoms with Gasteiger partial charge in [0.05, 0.1) is 17.2 Å². The Morgan fingerprint density at radius 1 is 0.966 bits per heavy atom. The van der Waals surface area contributed by atoms with Gasteiger partial charge in [-0.1, -0.05) is 54.6 Å². The molecule has 29 heavy (non-hydrogen) atoms. The zero-order chi connectivity index (χ0) is 20.6. The SMILES string of the molecule is CCOc1ccccc1NC(=O)[C@@H](Oc1ccccc1[N+](=O)[O-])c1ccccc1. The van der Waals surface area contributed by atoms with Gasteiger partial charge in [-0.25, -0.2) is 0 Å². The molecule has 7 nitrogen and oxygen atoms in total. The van der Waals surface area contributed by atoms with Crippen LogP contribution in [-0.4, -0.2) is 17.4 Å². The Balaban J connectivity index is 1.93. The normalized spacial score (nSPS) is 11.3. The van der Waals surface area contributed by atoms with Crippen molar-refractivity contribution in [3.8, 4) is 11.5 Å². The number of nitrogens with one attached hydrogen (secondary N) is 1. The van der Waals surface area contributed by atoms with E-state index in [9.17, 15) is 14.9 Å².